The Morgan fingerprint density at radius 2 is 1.75 bits per heavy atom. The number of carbonyl (C=O) groups excluding carboxylic acids is 1. The minimum absolute atomic E-state index is 0.147. The van der Waals surface area contributed by atoms with Gasteiger partial charge in [0.15, 0.2) is 0 Å². The number of esters is 1. The molecule has 0 aliphatic carbocycles. The zero-order valence-electron chi connectivity index (χ0n) is 11.0. The van der Waals surface area contributed by atoms with E-state index in [0.29, 0.717) is 5.02 Å². The highest BCUT2D eigenvalue weighted by Crippen LogP contribution is 2.17. The molecule has 2 aromatic rings. The van der Waals surface area contributed by atoms with E-state index in [9.17, 15) is 4.79 Å². The molecular weight excluding hydrogens is 274 g/mol. The molecular formula is C16H16ClNO2. The Kier molecular flexibility index (Phi) is 5.16. The highest BCUT2D eigenvalue weighted by molar-refractivity contribution is 6.30. The number of hydrogen-bond donors (Lipinski definition) is 1. The first-order valence-corrected chi connectivity index (χ1v) is 6.73. The summed E-state index contributed by atoms with van der Waals surface area (Å²) in [7, 11) is 0. The predicted octanol–water partition coefficient (Wildman–Crippen LogP) is 3.47. The fraction of sp³-hybridized carbons (Fsp3) is 0.188. The van der Waals surface area contributed by atoms with Crippen LogP contribution in [-0.2, 0) is 16.1 Å². The maximum Gasteiger partial charge on any atom is 0.308 e. The summed E-state index contributed by atoms with van der Waals surface area (Å²) < 4.78 is 5.20. The van der Waals surface area contributed by atoms with Gasteiger partial charge in [0.1, 0.15) is 6.61 Å². The Balaban J connectivity index is 1.83. The quantitative estimate of drug-likeness (QED) is 0.858. The third kappa shape index (κ3) is 4.37. The van der Waals surface area contributed by atoms with Crippen molar-refractivity contribution >= 4 is 17.6 Å². The third-order valence-electron chi connectivity index (χ3n) is 2.93. The molecule has 0 bridgehead atoms. The molecule has 0 heterocycles. The van der Waals surface area contributed by atoms with E-state index in [1.54, 1.807) is 12.1 Å². The summed E-state index contributed by atoms with van der Waals surface area (Å²) in [6, 6.07) is 16.3. The number of halogens is 1. The first kappa shape index (κ1) is 14.6. The summed E-state index contributed by atoms with van der Waals surface area (Å²) in [5, 5.41) is 0.646. The number of carbonyl (C=O) groups is 1. The van der Waals surface area contributed by atoms with Crippen molar-refractivity contribution in [1.29, 1.82) is 0 Å². The lowest BCUT2D eigenvalue weighted by atomic mass is 10.1. The molecule has 0 aliphatic rings. The molecule has 3 nitrogen and oxygen atoms in total. The summed E-state index contributed by atoms with van der Waals surface area (Å²) in [5.41, 5.74) is 7.80. The summed E-state index contributed by atoms with van der Waals surface area (Å²) in [6.45, 7) is 0.271. The van der Waals surface area contributed by atoms with Gasteiger partial charge in [-0.1, -0.05) is 54.1 Å². The van der Waals surface area contributed by atoms with Gasteiger partial charge in [-0.3, -0.25) is 4.79 Å². The number of benzene rings is 2. The smallest absolute Gasteiger partial charge is 0.308 e. The molecule has 2 rings (SSSR count). The zero-order valence-corrected chi connectivity index (χ0v) is 11.7. The molecule has 0 radical (unpaired) electrons. The van der Waals surface area contributed by atoms with Crippen molar-refractivity contribution in [2.45, 2.75) is 19.1 Å². The molecule has 0 aliphatic heterocycles. The predicted molar refractivity (Wildman–Crippen MR) is 79.2 cm³/mol. The van der Waals surface area contributed by atoms with Crippen LogP contribution in [0.5, 0.6) is 0 Å². The normalized spacial score (nSPS) is 11.9. The van der Waals surface area contributed by atoms with Gasteiger partial charge >= 0.3 is 5.97 Å². The van der Waals surface area contributed by atoms with Crippen LogP contribution < -0.4 is 5.73 Å². The molecule has 0 saturated carbocycles. The highest BCUT2D eigenvalue weighted by atomic mass is 35.5. The molecule has 1 unspecified atom stereocenters. The molecule has 4 heteroatoms. The van der Waals surface area contributed by atoms with E-state index in [2.05, 4.69) is 0 Å². The van der Waals surface area contributed by atoms with Gasteiger partial charge in [0.25, 0.3) is 0 Å². The largest absolute Gasteiger partial charge is 0.461 e. The molecule has 2 aromatic carbocycles. The van der Waals surface area contributed by atoms with E-state index in [4.69, 9.17) is 22.1 Å². The molecule has 0 aromatic heterocycles. The van der Waals surface area contributed by atoms with Crippen LogP contribution in [0.1, 0.15) is 23.6 Å². The van der Waals surface area contributed by atoms with E-state index in [0.717, 1.165) is 11.1 Å². The summed E-state index contributed by atoms with van der Waals surface area (Å²) in [4.78, 5) is 11.7. The minimum atomic E-state index is -0.379. The molecule has 2 N–H and O–H groups in total. The second-order valence-corrected chi connectivity index (χ2v) is 4.94. The molecule has 0 amide bonds. The molecule has 20 heavy (non-hydrogen) atoms. The van der Waals surface area contributed by atoms with Crippen LogP contribution in [0.3, 0.4) is 0 Å². The Morgan fingerprint density at radius 1 is 1.10 bits per heavy atom. The molecule has 104 valence electrons. The Morgan fingerprint density at radius 3 is 2.40 bits per heavy atom. The lowest BCUT2D eigenvalue weighted by molar-refractivity contribution is -0.145. The van der Waals surface area contributed by atoms with Gasteiger partial charge in [-0.2, -0.15) is 0 Å². The third-order valence-corrected chi connectivity index (χ3v) is 3.18. The van der Waals surface area contributed by atoms with Crippen LogP contribution in [0, 0.1) is 0 Å². The lowest BCUT2D eigenvalue weighted by Crippen LogP contribution is -2.17. The van der Waals surface area contributed by atoms with Crippen molar-refractivity contribution in [2.24, 2.45) is 5.73 Å². The topological polar surface area (TPSA) is 52.3 Å². The van der Waals surface area contributed by atoms with Gasteiger partial charge in [-0.25, -0.2) is 0 Å². The fourth-order valence-electron chi connectivity index (χ4n) is 1.80. The molecule has 0 saturated heterocycles. The Labute approximate surface area is 123 Å². The van der Waals surface area contributed by atoms with E-state index < -0.39 is 0 Å². The Bertz CT molecular complexity index is 554. The zero-order chi connectivity index (χ0) is 14.4. The molecule has 0 spiro atoms. The van der Waals surface area contributed by atoms with E-state index in [1.165, 1.54) is 0 Å². The van der Waals surface area contributed by atoms with E-state index in [1.807, 2.05) is 42.5 Å². The van der Waals surface area contributed by atoms with Crippen molar-refractivity contribution in [3.63, 3.8) is 0 Å². The number of hydrogen-bond acceptors (Lipinski definition) is 3. The number of nitrogens with two attached hydrogens (primary N) is 1. The van der Waals surface area contributed by atoms with Gasteiger partial charge in [0.2, 0.25) is 0 Å². The average Bonchev–Trinajstić information content (AvgIpc) is 2.47. The summed E-state index contributed by atoms with van der Waals surface area (Å²) in [6.07, 6.45) is 0.147. The minimum Gasteiger partial charge on any atom is -0.461 e. The standard InChI is InChI=1S/C16H16ClNO2/c17-14-8-6-13(7-9-14)15(18)10-16(19)20-11-12-4-2-1-3-5-12/h1-9,15H,10-11,18H2. The maximum atomic E-state index is 11.7. The van der Waals surface area contributed by atoms with Gasteiger partial charge < -0.3 is 10.5 Å². The summed E-state index contributed by atoms with van der Waals surface area (Å²) >= 11 is 5.81. The molecule has 1 atom stereocenters. The highest BCUT2D eigenvalue weighted by Gasteiger charge is 2.12. The van der Waals surface area contributed by atoms with Crippen LogP contribution >= 0.6 is 11.6 Å². The monoisotopic (exact) mass is 289 g/mol. The van der Waals surface area contributed by atoms with Crippen LogP contribution in [-0.4, -0.2) is 5.97 Å². The van der Waals surface area contributed by atoms with Gasteiger partial charge in [-0.05, 0) is 23.3 Å². The first-order valence-electron chi connectivity index (χ1n) is 6.36. The second-order valence-electron chi connectivity index (χ2n) is 4.51. The van der Waals surface area contributed by atoms with Crippen molar-refractivity contribution in [1.82, 2.24) is 0 Å². The maximum absolute atomic E-state index is 11.7. The summed E-state index contributed by atoms with van der Waals surface area (Å²) in [5.74, 6) is -0.309. The van der Waals surface area contributed by atoms with Crippen molar-refractivity contribution < 1.29 is 9.53 Å². The van der Waals surface area contributed by atoms with Gasteiger partial charge in [0.05, 0.1) is 6.42 Å². The Hall–Kier alpha value is -1.84. The fourth-order valence-corrected chi connectivity index (χ4v) is 1.93. The van der Waals surface area contributed by atoms with Crippen LogP contribution in [0.2, 0.25) is 5.02 Å². The van der Waals surface area contributed by atoms with Gasteiger partial charge in [0, 0.05) is 11.1 Å². The van der Waals surface area contributed by atoms with Crippen molar-refractivity contribution in [3.8, 4) is 0 Å². The SMILES string of the molecule is NC(CC(=O)OCc1ccccc1)c1ccc(Cl)cc1. The number of rotatable bonds is 5. The van der Waals surface area contributed by atoms with Crippen LogP contribution in [0.25, 0.3) is 0 Å². The average molecular weight is 290 g/mol. The second kappa shape index (κ2) is 7.08. The van der Waals surface area contributed by atoms with Gasteiger partial charge in [-0.15, -0.1) is 0 Å². The first-order chi connectivity index (χ1) is 9.65. The van der Waals surface area contributed by atoms with Crippen molar-refractivity contribution in [3.05, 3.63) is 70.7 Å². The number of ether oxygens (including phenoxy) is 1. The van der Waals surface area contributed by atoms with Crippen LogP contribution in [0.15, 0.2) is 54.6 Å². The molecule has 0 fully saturated rings. The van der Waals surface area contributed by atoms with Crippen LogP contribution in [0.4, 0.5) is 0 Å². The van der Waals surface area contributed by atoms with Crippen molar-refractivity contribution in [2.75, 3.05) is 0 Å². The van der Waals surface area contributed by atoms with E-state index in [-0.39, 0.29) is 25.0 Å². The van der Waals surface area contributed by atoms with E-state index >= 15 is 0 Å². The lowest BCUT2D eigenvalue weighted by Gasteiger charge is -2.12.